The number of nitrogens with one attached hydrogen (secondary N) is 2. The molecule has 7 heteroatoms. The third-order valence-corrected chi connectivity index (χ3v) is 2.30. The van der Waals surface area contributed by atoms with E-state index in [2.05, 4.69) is 10.0 Å². The lowest BCUT2D eigenvalue weighted by Gasteiger charge is -2.11. The predicted octanol–water partition coefficient (Wildman–Crippen LogP) is -0.923. The number of amides is 1. The minimum absolute atomic E-state index is 0.184. The molecule has 6 nitrogen and oxygen atoms in total. The van der Waals surface area contributed by atoms with Gasteiger partial charge in [-0.3, -0.25) is 4.79 Å². The summed E-state index contributed by atoms with van der Waals surface area (Å²) in [6.07, 6.45) is 0.561. The van der Waals surface area contributed by atoms with Crippen LogP contribution in [0.1, 0.15) is 13.8 Å². The summed E-state index contributed by atoms with van der Waals surface area (Å²) in [4.78, 5) is 11.2. The van der Waals surface area contributed by atoms with Crippen molar-refractivity contribution in [1.29, 1.82) is 0 Å². The number of carbonyl (C=O) groups excluding carboxylic acids is 1. The van der Waals surface area contributed by atoms with Crippen LogP contribution in [0.4, 0.5) is 0 Å². The van der Waals surface area contributed by atoms with Crippen molar-refractivity contribution in [3.8, 4) is 0 Å². The van der Waals surface area contributed by atoms with Crippen LogP contribution in [0.3, 0.4) is 0 Å². The maximum absolute atomic E-state index is 11.2. The molecule has 0 aromatic rings. The van der Waals surface area contributed by atoms with Gasteiger partial charge in [0.25, 0.3) is 0 Å². The predicted molar refractivity (Wildman–Crippen MR) is 56.9 cm³/mol. The summed E-state index contributed by atoms with van der Waals surface area (Å²) in [7, 11) is -3.19. The van der Waals surface area contributed by atoms with E-state index in [-0.39, 0.29) is 19.0 Å². The van der Waals surface area contributed by atoms with Crippen LogP contribution in [0, 0.1) is 0 Å². The maximum Gasteiger partial charge on any atom is 0.248 e. The van der Waals surface area contributed by atoms with Crippen LogP contribution in [0.25, 0.3) is 0 Å². The SMILES string of the molecule is CCO[C@@H](C)C(=O)NCCNS(C)(=O)=O. The number of rotatable bonds is 7. The average Bonchev–Trinajstić information content (AvgIpc) is 2.11. The van der Waals surface area contributed by atoms with Crippen LogP contribution in [0.2, 0.25) is 0 Å². The van der Waals surface area contributed by atoms with Gasteiger partial charge in [-0.05, 0) is 13.8 Å². The van der Waals surface area contributed by atoms with E-state index in [9.17, 15) is 13.2 Å². The van der Waals surface area contributed by atoms with Gasteiger partial charge in [-0.1, -0.05) is 0 Å². The van der Waals surface area contributed by atoms with Crippen molar-refractivity contribution in [3.63, 3.8) is 0 Å². The molecule has 1 amide bonds. The molecule has 0 aromatic carbocycles. The molecule has 15 heavy (non-hydrogen) atoms. The first-order chi connectivity index (χ1) is 6.87. The molecule has 2 N–H and O–H groups in total. The van der Waals surface area contributed by atoms with Gasteiger partial charge in [0, 0.05) is 19.7 Å². The molecule has 0 saturated carbocycles. The van der Waals surface area contributed by atoms with Gasteiger partial charge in [-0.15, -0.1) is 0 Å². The molecule has 0 aliphatic heterocycles. The summed E-state index contributed by atoms with van der Waals surface area (Å²) in [6, 6.07) is 0. The van der Waals surface area contributed by atoms with E-state index in [0.717, 1.165) is 6.26 Å². The van der Waals surface area contributed by atoms with E-state index in [1.165, 1.54) is 0 Å². The van der Waals surface area contributed by atoms with Crippen LogP contribution in [-0.2, 0) is 19.6 Å². The molecule has 0 spiro atoms. The minimum Gasteiger partial charge on any atom is -0.369 e. The number of hydrogen-bond acceptors (Lipinski definition) is 4. The molecule has 90 valence electrons. The molecular formula is C8H18N2O4S. The van der Waals surface area contributed by atoms with E-state index < -0.39 is 16.1 Å². The molecule has 0 rings (SSSR count). The lowest BCUT2D eigenvalue weighted by molar-refractivity contribution is -0.131. The van der Waals surface area contributed by atoms with E-state index in [0.29, 0.717) is 6.61 Å². The topological polar surface area (TPSA) is 84.5 Å². The molecule has 0 aromatic heterocycles. The van der Waals surface area contributed by atoms with Crippen LogP contribution in [0.15, 0.2) is 0 Å². The van der Waals surface area contributed by atoms with Crippen LogP contribution >= 0.6 is 0 Å². The van der Waals surface area contributed by atoms with Crippen molar-refractivity contribution in [1.82, 2.24) is 10.0 Å². The Labute approximate surface area is 90.4 Å². The third-order valence-electron chi connectivity index (χ3n) is 1.57. The zero-order chi connectivity index (χ0) is 11.9. The monoisotopic (exact) mass is 238 g/mol. The highest BCUT2D eigenvalue weighted by Crippen LogP contribution is 1.88. The molecule has 0 bridgehead atoms. The van der Waals surface area contributed by atoms with Gasteiger partial charge in [0.05, 0.1) is 6.26 Å². The molecule has 0 fully saturated rings. The number of sulfonamides is 1. The lowest BCUT2D eigenvalue weighted by atomic mass is 10.4. The summed E-state index contributed by atoms with van der Waals surface area (Å²) in [5.74, 6) is -0.243. The zero-order valence-corrected chi connectivity index (χ0v) is 10.1. The first kappa shape index (κ1) is 14.3. The number of ether oxygens (including phenoxy) is 1. The Morgan fingerprint density at radius 2 is 2.00 bits per heavy atom. The lowest BCUT2D eigenvalue weighted by Crippen LogP contribution is -2.39. The average molecular weight is 238 g/mol. The molecule has 1 atom stereocenters. The number of hydrogen-bond donors (Lipinski definition) is 2. The second-order valence-corrected chi connectivity index (χ2v) is 4.89. The third kappa shape index (κ3) is 8.34. The largest absolute Gasteiger partial charge is 0.369 e. The summed E-state index contributed by atoms with van der Waals surface area (Å²) in [5, 5.41) is 2.55. The Kier molecular flexibility index (Phi) is 6.46. The van der Waals surface area contributed by atoms with E-state index in [1.54, 1.807) is 13.8 Å². The summed E-state index contributed by atoms with van der Waals surface area (Å²) in [6.45, 7) is 4.35. The molecule has 0 aliphatic rings. The van der Waals surface area contributed by atoms with Crippen molar-refractivity contribution in [2.24, 2.45) is 0 Å². The second-order valence-electron chi connectivity index (χ2n) is 3.06. The van der Waals surface area contributed by atoms with Crippen molar-refractivity contribution in [3.05, 3.63) is 0 Å². The van der Waals surface area contributed by atoms with Crippen molar-refractivity contribution in [2.75, 3.05) is 26.0 Å². The summed E-state index contributed by atoms with van der Waals surface area (Å²) >= 11 is 0. The molecular weight excluding hydrogens is 220 g/mol. The fourth-order valence-electron chi connectivity index (χ4n) is 0.892. The Balaban J connectivity index is 3.64. The Morgan fingerprint density at radius 1 is 1.40 bits per heavy atom. The van der Waals surface area contributed by atoms with Gasteiger partial charge in [0.1, 0.15) is 6.10 Å². The number of carbonyl (C=O) groups is 1. The van der Waals surface area contributed by atoms with Gasteiger partial charge in [0.15, 0.2) is 0 Å². The maximum atomic E-state index is 11.2. The Bertz CT molecular complexity index is 289. The van der Waals surface area contributed by atoms with E-state index in [4.69, 9.17) is 4.74 Å². The highest BCUT2D eigenvalue weighted by molar-refractivity contribution is 7.88. The van der Waals surface area contributed by atoms with Gasteiger partial charge in [-0.2, -0.15) is 0 Å². The quantitative estimate of drug-likeness (QED) is 0.562. The van der Waals surface area contributed by atoms with Gasteiger partial charge < -0.3 is 10.1 Å². The van der Waals surface area contributed by atoms with Crippen LogP contribution in [0.5, 0.6) is 0 Å². The second kappa shape index (κ2) is 6.76. The molecule has 0 saturated heterocycles. The van der Waals surface area contributed by atoms with Crippen LogP contribution in [-0.4, -0.2) is 46.4 Å². The first-order valence-electron chi connectivity index (χ1n) is 4.70. The van der Waals surface area contributed by atoms with Gasteiger partial charge in [0.2, 0.25) is 15.9 Å². The highest BCUT2D eigenvalue weighted by Gasteiger charge is 2.11. The van der Waals surface area contributed by atoms with Crippen molar-refractivity contribution < 1.29 is 17.9 Å². The first-order valence-corrected chi connectivity index (χ1v) is 6.60. The molecule has 0 radical (unpaired) electrons. The van der Waals surface area contributed by atoms with Crippen LogP contribution < -0.4 is 10.0 Å². The minimum atomic E-state index is -3.19. The van der Waals surface area contributed by atoms with E-state index in [1.807, 2.05) is 0 Å². The Hall–Kier alpha value is -0.660. The molecule has 0 unspecified atom stereocenters. The van der Waals surface area contributed by atoms with E-state index >= 15 is 0 Å². The zero-order valence-electron chi connectivity index (χ0n) is 9.24. The normalized spacial score (nSPS) is 13.5. The Morgan fingerprint density at radius 3 is 2.47 bits per heavy atom. The highest BCUT2D eigenvalue weighted by atomic mass is 32.2. The summed E-state index contributed by atoms with van der Waals surface area (Å²) in [5.41, 5.74) is 0. The van der Waals surface area contributed by atoms with Crippen molar-refractivity contribution in [2.45, 2.75) is 20.0 Å². The van der Waals surface area contributed by atoms with Crippen molar-refractivity contribution >= 4 is 15.9 Å². The smallest absolute Gasteiger partial charge is 0.248 e. The van der Waals surface area contributed by atoms with Gasteiger partial charge in [-0.25, -0.2) is 13.1 Å². The fourth-order valence-corrected chi connectivity index (χ4v) is 1.36. The molecule has 0 aliphatic carbocycles. The van der Waals surface area contributed by atoms with Gasteiger partial charge >= 0.3 is 0 Å². The molecule has 0 heterocycles. The summed E-state index contributed by atoms with van der Waals surface area (Å²) < 4.78 is 28.6. The standard InChI is InChI=1S/C8H18N2O4S/c1-4-14-7(2)8(11)9-5-6-10-15(3,12)13/h7,10H,4-6H2,1-3H3,(H,9,11)/t7-/m0/s1. The fraction of sp³-hybridized carbons (Fsp3) is 0.875.